The number of hydrogen-bond donors (Lipinski definition) is 0. The molecule has 0 heterocycles. The number of amides is 1. The van der Waals surface area contributed by atoms with E-state index in [2.05, 4.69) is 22.9 Å². The molecular formula is C13H17BrClNO. The molecule has 0 aliphatic carbocycles. The Morgan fingerprint density at radius 1 is 1.41 bits per heavy atom. The van der Waals surface area contributed by atoms with Gasteiger partial charge in [-0.1, -0.05) is 46.6 Å². The number of hydrogen-bond acceptors (Lipinski definition) is 1. The molecule has 0 fully saturated rings. The van der Waals surface area contributed by atoms with Gasteiger partial charge in [-0.25, -0.2) is 0 Å². The topological polar surface area (TPSA) is 20.3 Å². The Bertz CT molecular complexity index is 389. The second-order valence-corrected chi connectivity index (χ2v) is 5.09. The number of nitrogens with zero attached hydrogens (tertiary/aromatic N) is 1. The first-order chi connectivity index (χ1) is 8.11. The van der Waals surface area contributed by atoms with Gasteiger partial charge in [-0.3, -0.25) is 4.79 Å². The summed E-state index contributed by atoms with van der Waals surface area (Å²) in [5, 5.41) is 1.34. The van der Waals surface area contributed by atoms with Crippen molar-refractivity contribution < 1.29 is 4.79 Å². The molecule has 1 rings (SSSR count). The zero-order valence-corrected chi connectivity index (χ0v) is 12.5. The van der Waals surface area contributed by atoms with E-state index in [4.69, 9.17) is 11.6 Å². The van der Waals surface area contributed by atoms with Crippen LogP contribution >= 0.6 is 27.5 Å². The lowest BCUT2D eigenvalue weighted by molar-refractivity contribution is 0.0766. The molecule has 0 radical (unpaired) electrons. The standard InChI is InChI=1S/C13H17BrClNO/c1-3-8-16(9-7-14)13(17)11-6-4-5-10(2)12(11)15/h4-6H,3,7-9H2,1-2H3. The quantitative estimate of drug-likeness (QED) is 0.754. The van der Waals surface area contributed by atoms with E-state index in [9.17, 15) is 4.79 Å². The first kappa shape index (κ1) is 14.5. The van der Waals surface area contributed by atoms with Gasteiger partial charge < -0.3 is 4.90 Å². The summed E-state index contributed by atoms with van der Waals surface area (Å²) in [6.07, 6.45) is 0.947. The van der Waals surface area contributed by atoms with Crippen LogP contribution in [0.4, 0.5) is 0 Å². The lowest BCUT2D eigenvalue weighted by Gasteiger charge is -2.22. The van der Waals surface area contributed by atoms with Gasteiger partial charge in [0.05, 0.1) is 10.6 Å². The van der Waals surface area contributed by atoms with Crippen LogP contribution in [0.25, 0.3) is 0 Å². The average molecular weight is 319 g/mol. The highest BCUT2D eigenvalue weighted by Gasteiger charge is 2.17. The molecule has 0 aliphatic rings. The van der Waals surface area contributed by atoms with Crippen molar-refractivity contribution in [2.24, 2.45) is 0 Å². The predicted molar refractivity (Wildman–Crippen MR) is 76.2 cm³/mol. The molecule has 0 bridgehead atoms. The van der Waals surface area contributed by atoms with Crippen LogP contribution in [0.1, 0.15) is 29.3 Å². The van der Waals surface area contributed by atoms with E-state index < -0.39 is 0 Å². The van der Waals surface area contributed by atoms with Crippen LogP contribution in [-0.2, 0) is 0 Å². The van der Waals surface area contributed by atoms with Crippen LogP contribution < -0.4 is 0 Å². The molecule has 2 nitrogen and oxygen atoms in total. The van der Waals surface area contributed by atoms with E-state index in [1.807, 2.05) is 24.0 Å². The van der Waals surface area contributed by atoms with Gasteiger partial charge in [0.15, 0.2) is 0 Å². The summed E-state index contributed by atoms with van der Waals surface area (Å²) in [5.41, 5.74) is 1.54. The van der Waals surface area contributed by atoms with Gasteiger partial charge >= 0.3 is 0 Å². The number of rotatable bonds is 5. The minimum absolute atomic E-state index is 0.0139. The van der Waals surface area contributed by atoms with Crippen LogP contribution in [0, 0.1) is 6.92 Å². The summed E-state index contributed by atoms with van der Waals surface area (Å²) in [4.78, 5) is 14.1. The second kappa shape index (κ2) is 7.02. The highest BCUT2D eigenvalue weighted by atomic mass is 79.9. The van der Waals surface area contributed by atoms with Crippen molar-refractivity contribution in [3.8, 4) is 0 Å². The molecular weight excluding hydrogens is 302 g/mol. The van der Waals surface area contributed by atoms with Crippen molar-refractivity contribution >= 4 is 33.4 Å². The summed E-state index contributed by atoms with van der Waals surface area (Å²) < 4.78 is 0. The fourth-order valence-electron chi connectivity index (χ4n) is 1.67. The molecule has 0 saturated heterocycles. The maximum atomic E-state index is 12.3. The maximum Gasteiger partial charge on any atom is 0.255 e. The Labute approximate surface area is 116 Å². The first-order valence-corrected chi connectivity index (χ1v) is 7.22. The van der Waals surface area contributed by atoms with Gasteiger partial charge in [0, 0.05) is 18.4 Å². The Kier molecular flexibility index (Phi) is 6.00. The number of alkyl halides is 1. The average Bonchev–Trinajstić information content (AvgIpc) is 2.31. The van der Waals surface area contributed by atoms with E-state index in [1.165, 1.54) is 0 Å². The fraction of sp³-hybridized carbons (Fsp3) is 0.462. The van der Waals surface area contributed by atoms with Crippen molar-refractivity contribution in [3.63, 3.8) is 0 Å². The molecule has 0 spiro atoms. The zero-order valence-electron chi connectivity index (χ0n) is 10.2. The normalized spacial score (nSPS) is 10.4. The lowest BCUT2D eigenvalue weighted by atomic mass is 10.1. The Morgan fingerprint density at radius 3 is 2.71 bits per heavy atom. The third-order valence-corrected chi connectivity index (χ3v) is 3.41. The summed E-state index contributed by atoms with van der Waals surface area (Å²) in [6, 6.07) is 5.56. The van der Waals surface area contributed by atoms with E-state index >= 15 is 0 Å². The Hall–Kier alpha value is -0.540. The van der Waals surface area contributed by atoms with Crippen molar-refractivity contribution in [2.75, 3.05) is 18.4 Å². The van der Waals surface area contributed by atoms with Gasteiger partial charge in [-0.2, -0.15) is 0 Å². The molecule has 1 aromatic carbocycles. The number of aryl methyl sites for hydroxylation is 1. The largest absolute Gasteiger partial charge is 0.338 e. The van der Waals surface area contributed by atoms with E-state index in [-0.39, 0.29) is 5.91 Å². The smallest absolute Gasteiger partial charge is 0.255 e. The van der Waals surface area contributed by atoms with Gasteiger partial charge in [0.1, 0.15) is 0 Å². The van der Waals surface area contributed by atoms with Crippen LogP contribution in [0.2, 0.25) is 5.02 Å². The zero-order chi connectivity index (χ0) is 12.8. The molecule has 0 unspecified atom stereocenters. The van der Waals surface area contributed by atoms with E-state index in [0.717, 1.165) is 23.9 Å². The minimum Gasteiger partial charge on any atom is -0.338 e. The highest BCUT2D eigenvalue weighted by molar-refractivity contribution is 9.09. The Morgan fingerprint density at radius 2 is 2.12 bits per heavy atom. The van der Waals surface area contributed by atoms with E-state index in [0.29, 0.717) is 17.1 Å². The van der Waals surface area contributed by atoms with Crippen LogP contribution in [0.15, 0.2) is 18.2 Å². The van der Waals surface area contributed by atoms with Crippen LogP contribution in [-0.4, -0.2) is 29.2 Å². The molecule has 0 saturated carbocycles. The maximum absolute atomic E-state index is 12.3. The number of benzene rings is 1. The van der Waals surface area contributed by atoms with Crippen molar-refractivity contribution in [1.82, 2.24) is 4.90 Å². The summed E-state index contributed by atoms with van der Waals surface area (Å²) >= 11 is 9.54. The molecule has 1 amide bonds. The van der Waals surface area contributed by atoms with Crippen LogP contribution in [0.3, 0.4) is 0 Å². The highest BCUT2D eigenvalue weighted by Crippen LogP contribution is 2.21. The third-order valence-electron chi connectivity index (χ3n) is 2.56. The second-order valence-electron chi connectivity index (χ2n) is 3.92. The first-order valence-electron chi connectivity index (χ1n) is 5.72. The lowest BCUT2D eigenvalue weighted by Crippen LogP contribution is -2.33. The SMILES string of the molecule is CCCN(CCBr)C(=O)c1cccc(C)c1Cl. The predicted octanol–water partition coefficient (Wildman–Crippen LogP) is 3.90. The van der Waals surface area contributed by atoms with E-state index in [1.54, 1.807) is 6.07 Å². The number of halogens is 2. The van der Waals surface area contributed by atoms with Crippen molar-refractivity contribution in [3.05, 3.63) is 34.3 Å². The molecule has 0 N–H and O–H groups in total. The van der Waals surface area contributed by atoms with Crippen LogP contribution in [0.5, 0.6) is 0 Å². The van der Waals surface area contributed by atoms with Gasteiger partial charge in [0.25, 0.3) is 5.91 Å². The third kappa shape index (κ3) is 3.71. The molecule has 17 heavy (non-hydrogen) atoms. The van der Waals surface area contributed by atoms with Crippen molar-refractivity contribution in [1.29, 1.82) is 0 Å². The summed E-state index contributed by atoms with van der Waals surface area (Å²) in [7, 11) is 0. The number of carbonyl (C=O) groups is 1. The molecule has 4 heteroatoms. The number of carbonyl (C=O) groups excluding carboxylic acids is 1. The molecule has 1 aromatic rings. The Balaban J connectivity index is 2.96. The fourth-order valence-corrected chi connectivity index (χ4v) is 2.30. The molecule has 94 valence electrons. The summed E-state index contributed by atoms with van der Waals surface area (Å²) in [6.45, 7) is 5.44. The molecule has 0 aromatic heterocycles. The summed E-state index contributed by atoms with van der Waals surface area (Å²) in [5.74, 6) is 0.0139. The van der Waals surface area contributed by atoms with Crippen molar-refractivity contribution in [2.45, 2.75) is 20.3 Å². The molecule has 0 aliphatic heterocycles. The monoisotopic (exact) mass is 317 g/mol. The molecule has 0 atom stereocenters. The van der Waals surface area contributed by atoms with Gasteiger partial charge in [-0.15, -0.1) is 0 Å². The van der Waals surface area contributed by atoms with Gasteiger partial charge in [0.2, 0.25) is 0 Å². The van der Waals surface area contributed by atoms with Gasteiger partial charge in [-0.05, 0) is 25.0 Å². The minimum atomic E-state index is 0.0139.